The smallest absolute Gasteiger partial charge is 0.270 e. The van der Waals surface area contributed by atoms with Crippen LogP contribution in [0.4, 0.5) is 11.5 Å². The summed E-state index contributed by atoms with van der Waals surface area (Å²) in [6, 6.07) is 23.4. The third kappa shape index (κ3) is 4.32. The van der Waals surface area contributed by atoms with Crippen LogP contribution < -0.4 is 10.1 Å². The van der Waals surface area contributed by atoms with Gasteiger partial charge in [0.05, 0.1) is 18.1 Å². The zero-order valence-corrected chi connectivity index (χ0v) is 19.5. The van der Waals surface area contributed by atoms with Crippen molar-refractivity contribution in [3.63, 3.8) is 0 Å². The number of aromatic nitrogens is 4. The van der Waals surface area contributed by atoms with Crippen molar-refractivity contribution in [1.29, 1.82) is 0 Å². The molecule has 0 atom stereocenters. The average molecular weight is 452 g/mol. The van der Waals surface area contributed by atoms with E-state index >= 15 is 0 Å². The molecular weight excluding hydrogens is 426 g/mol. The molecule has 0 fully saturated rings. The Balaban J connectivity index is 1.53. The molecule has 0 amide bonds. The topological polar surface area (TPSA) is 86.0 Å². The van der Waals surface area contributed by atoms with Gasteiger partial charge in [0.2, 0.25) is 5.89 Å². The van der Waals surface area contributed by atoms with Gasteiger partial charge in [-0.2, -0.15) is 0 Å². The molecule has 34 heavy (non-hydrogen) atoms. The lowest BCUT2D eigenvalue weighted by molar-refractivity contribution is 0.415. The second-order valence-corrected chi connectivity index (χ2v) is 9.00. The maximum atomic E-state index is 6.06. The van der Waals surface area contributed by atoms with Crippen molar-refractivity contribution in [3.05, 3.63) is 78.4 Å². The van der Waals surface area contributed by atoms with E-state index in [1.165, 1.54) is 5.56 Å². The predicted molar refractivity (Wildman–Crippen MR) is 133 cm³/mol. The molecule has 5 rings (SSSR count). The summed E-state index contributed by atoms with van der Waals surface area (Å²) in [5, 5.41) is 11.9. The van der Waals surface area contributed by atoms with Crippen LogP contribution >= 0.6 is 0 Å². The molecule has 0 radical (unpaired) electrons. The molecule has 2 heterocycles. The Morgan fingerprint density at radius 2 is 1.41 bits per heavy atom. The van der Waals surface area contributed by atoms with Crippen molar-refractivity contribution in [2.45, 2.75) is 26.2 Å². The van der Waals surface area contributed by atoms with Crippen molar-refractivity contribution < 1.29 is 9.15 Å². The highest BCUT2D eigenvalue weighted by atomic mass is 16.5. The van der Waals surface area contributed by atoms with Crippen molar-refractivity contribution >= 4 is 22.5 Å². The fourth-order valence-electron chi connectivity index (χ4n) is 3.60. The van der Waals surface area contributed by atoms with Crippen molar-refractivity contribution in [3.8, 4) is 28.8 Å². The first-order chi connectivity index (χ1) is 16.4. The van der Waals surface area contributed by atoms with E-state index in [1.54, 1.807) is 7.11 Å². The van der Waals surface area contributed by atoms with Gasteiger partial charge in [0.15, 0.2) is 11.5 Å². The highest BCUT2D eigenvalue weighted by Gasteiger charge is 2.19. The Labute approximate surface area is 197 Å². The van der Waals surface area contributed by atoms with Crippen molar-refractivity contribution in [2.75, 3.05) is 12.4 Å². The molecule has 0 saturated heterocycles. The lowest BCUT2D eigenvalue weighted by atomic mass is 9.87. The quantitative estimate of drug-likeness (QED) is 0.331. The number of hydrogen-bond donors (Lipinski definition) is 1. The van der Waals surface area contributed by atoms with Gasteiger partial charge in [-0.05, 0) is 59.5 Å². The first kappa shape index (κ1) is 21.6. The third-order valence-electron chi connectivity index (χ3n) is 5.55. The number of nitrogens with zero attached hydrogens (tertiary/aromatic N) is 4. The summed E-state index contributed by atoms with van der Waals surface area (Å²) in [6.45, 7) is 6.55. The molecule has 0 aliphatic rings. The zero-order valence-electron chi connectivity index (χ0n) is 19.5. The molecule has 2 aromatic heterocycles. The number of fused-ring (bicyclic) bond motifs is 1. The molecule has 0 aliphatic carbocycles. The highest BCUT2D eigenvalue weighted by molar-refractivity contribution is 5.82. The molecule has 3 aromatic carbocycles. The Morgan fingerprint density at radius 3 is 2.06 bits per heavy atom. The van der Waals surface area contributed by atoms with Crippen LogP contribution in [-0.2, 0) is 5.41 Å². The van der Waals surface area contributed by atoms with Gasteiger partial charge in [-0.3, -0.25) is 0 Å². The second kappa shape index (κ2) is 8.59. The van der Waals surface area contributed by atoms with Crippen molar-refractivity contribution in [1.82, 2.24) is 20.2 Å². The average Bonchev–Trinajstić information content (AvgIpc) is 3.34. The zero-order chi connectivity index (χ0) is 23.7. The van der Waals surface area contributed by atoms with E-state index in [4.69, 9.17) is 19.1 Å². The highest BCUT2D eigenvalue weighted by Crippen LogP contribution is 2.32. The van der Waals surface area contributed by atoms with E-state index in [0.717, 1.165) is 28.0 Å². The van der Waals surface area contributed by atoms with Gasteiger partial charge in [0, 0.05) is 11.3 Å². The van der Waals surface area contributed by atoms with Crippen molar-refractivity contribution in [2.24, 2.45) is 0 Å². The molecule has 0 spiro atoms. The first-order valence-electron chi connectivity index (χ1n) is 11.0. The minimum atomic E-state index is 0.0707. The fraction of sp³-hybridized carbons (Fsp3) is 0.185. The van der Waals surface area contributed by atoms with Gasteiger partial charge in [-0.1, -0.05) is 45.0 Å². The van der Waals surface area contributed by atoms with Crippen LogP contribution in [0.5, 0.6) is 5.75 Å². The molecule has 7 heteroatoms. The molecule has 7 nitrogen and oxygen atoms in total. The molecule has 0 aliphatic heterocycles. The van der Waals surface area contributed by atoms with Crippen LogP contribution in [0, 0.1) is 0 Å². The van der Waals surface area contributed by atoms with E-state index in [0.29, 0.717) is 23.3 Å². The van der Waals surface area contributed by atoms with E-state index in [2.05, 4.69) is 48.4 Å². The van der Waals surface area contributed by atoms with Crippen LogP contribution in [0.25, 0.3) is 34.1 Å². The summed E-state index contributed by atoms with van der Waals surface area (Å²) in [6.07, 6.45) is 0. The van der Waals surface area contributed by atoms with Crippen LogP contribution in [0.3, 0.4) is 0 Å². The number of nitrogens with one attached hydrogen (secondary N) is 1. The molecule has 5 aromatic rings. The number of ether oxygens (including phenoxy) is 1. The summed E-state index contributed by atoms with van der Waals surface area (Å²) in [5.41, 5.74) is 4.99. The monoisotopic (exact) mass is 451 g/mol. The normalized spacial score (nSPS) is 11.5. The Morgan fingerprint density at radius 1 is 0.765 bits per heavy atom. The summed E-state index contributed by atoms with van der Waals surface area (Å²) >= 11 is 0. The predicted octanol–water partition coefficient (Wildman–Crippen LogP) is 6.40. The number of rotatable bonds is 5. The van der Waals surface area contributed by atoms with Gasteiger partial charge in [-0.15, -0.1) is 10.2 Å². The van der Waals surface area contributed by atoms with Crippen LogP contribution in [-0.4, -0.2) is 27.3 Å². The first-order valence-corrected chi connectivity index (χ1v) is 11.0. The number of anilines is 2. The van der Waals surface area contributed by atoms with Gasteiger partial charge in [-0.25, -0.2) is 9.97 Å². The van der Waals surface area contributed by atoms with E-state index in [9.17, 15) is 0 Å². The van der Waals surface area contributed by atoms with E-state index < -0.39 is 0 Å². The minimum absolute atomic E-state index is 0.0707. The summed E-state index contributed by atoms with van der Waals surface area (Å²) in [7, 11) is 1.64. The Bertz CT molecular complexity index is 1440. The number of para-hydroxylation sites is 2. The standard InChI is InChI=1S/C27H25N5O2/c1-27(2,3)18-11-9-17(10-12-18)25-31-32-26(34-25)23-24(28-19-13-15-20(33-4)16-14-19)30-22-8-6-5-7-21(22)29-23/h5-16H,1-4H3,(H,28,30). The second-order valence-electron chi connectivity index (χ2n) is 9.00. The van der Waals surface area contributed by atoms with Crippen LogP contribution in [0.2, 0.25) is 0 Å². The van der Waals surface area contributed by atoms with Gasteiger partial charge < -0.3 is 14.5 Å². The van der Waals surface area contributed by atoms with Crippen LogP contribution in [0.1, 0.15) is 26.3 Å². The van der Waals surface area contributed by atoms with E-state index in [-0.39, 0.29) is 5.41 Å². The van der Waals surface area contributed by atoms with Gasteiger partial charge in [0.1, 0.15) is 5.75 Å². The fourth-order valence-corrected chi connectivity index (χ4v) is 3.60. The van der Waals surface area contributed by atoms with Gasteiger partial charge >= 0.3 is 0 Å². The largest absolute Gasteiger partial charge is 0.497 e. The third-order valence-corrected chi connectivity index (χ3v) is 5.55. The molecule has 0 unspecified atom stereocenters. The van der Waals surface area contributed by atoms with E-state index in [1.807, 2.05) is 60.7 Å². The summed E-state index contributed by atoms with van der Waals surface area (Å²) in [5.74, 6) is 2.03. The molecule has 170 valence electrons. The maximum Gasteiger partial charge on any atom is 0.270 e. The minimum Gasteiger partial charge on any atom is -0.497 e. The Kier molecular flexibility index (Phi) is 5.45. The lowest BCUT2D eigenvalue weighted by Crippen LogP contribution is -2.10. The molecule has 0 bridgehead atoms. The maximum absolute atomic E-state index is 6.06. The lowest BCUT2D eigenvalue weighted by Gasteiger charge is -2.18. The summed E-state index contributed by atoms with van der Waals surface area (Å²) < 4.78 is 11.3. The van der Waals surface area contributed by atoms with Gasteiger partial charge in [0.25, 0.3) is 5.89 Å². The summed E-state index contributed by atoms with van der Waals surface area (Å²) in [4.78, 5) is 9.56. The number of methoxy groups -OCH3 is 1. The number of benzene rings is 3. The molecular formula is C27H25N5O2. The number of hydrogen-bond acceptors (Lipinski definition) is 7. The molecule has 1 N–H and O–H groups in total. The van der Waals surface area contributed by atoms with Crippen LogP contribution in [0.15, 0.2) is 77.2 Å². The Hall–Kier alpha value is -4.26. The SMILES string of the molecule is COc1ccc(Nc2nc3ccccc3nc2-c2nnc(-c3ccc(C(C)(C)C)cc3)o2)cc1. The molecule has 0 saturated carbocycles.